The van der Waals surface area contributed by atoms with Crippen LogP contribution in [0.5, 0.6) is 0 Å². The highest BCUT2D eigenvalue weighted by Crippen LogP contribution is 2.31. The fraction of sp³-hybridized carbons (Fsp3) is 0.368. The van der Waals surface area contributed by atoms with Gasteiger partial charge >= 0.3 is 6.03 Å². The second-order valence-electron chi connectivity index (χ2n) is 6.83. The molecule has 7 nitrogen and oxygen atoms in total. The van der Waals surface area contributed by atoms with Crippen LogP contribution in [0.1, 0.15) is 36.4 Å². The van der Waals surface area contributed by atoms with Crippen LogP contribution >= 0.6 is 0 Å². The lowest BCUT2D eigenvalue weighted by Gasteiger charge is -2.36. The van der Waals surface area contributed by atoms with Gasteiger partial charge in [-0.25, -0.2) is 13.2 Å². The van der Waals surface area contributed by atoms with E-state index in [1.165, 1.54) is 0 Å². The molecule has 3 rings (SSSR count). The second-order valence-corrected chi connectivity index (χ2v) is 8.57. The summed E-state index contributed by atoms with van der Waals surface area (Å²) in [4.78, 5) is 19.0. The summed E-state index contributed by atoms with van der Waals surface area (Å²) in [6, 6.07) is 8.75. The Morgan fingerprint density at radius 2 is 2.07 bits per heavy atom. The first-order valence-electron chi connectivity index (χ1n) is 8.89. The number of nitrogens with one attached hydrogen (secondary N) is 2. The Bertz CT molecular complexity index is 916. The monoisotopic (exact) mass is 388 g/mol. The van der Waals surface area contributed by atoms with Crippen LogP contribution in [0, 0.1) is 6.92 Å². The number of pyridine rings is 1. The van der Waals surface area contributed by atoms with Gasteiger partial charge < -0.3 is 10.2 Å². The maximum absolute atomic E-state index is 13.0. The number of aryl methyl sites for hydroxylation is 1. The third-order valence-electron chi connectivity index (χ3n) is 4.62. The van der Waals surface area contributed by atoms with Gasteiger partial charge in [-0.15, -0.1) is 0 Å². The molecule has 1 aromatic carbocycles. The highest BCUT2D eigenvalue weighted by atomic mass is 32.2. The molecule has 0 saturated carbocycles. The number of carbonyl (C=O) groups excluding carboxylic acids is 1. The Morgan fingerprint density at radius 1 is 1.26 bits per heavy atom. The van der Waals surface area contributed by atoms with Crippen LogP contribution in [0.4, 0.5) is 16.2 Å². The van der Waals surface area contributed by atoms with E-state index in [2.05, 4.69) is 15.0 Å². The van der Waals surface area contributed by atoms with Crippen molar-refractivity contribution in [3.8, 4) is 0 Å². The molecule has 0 aliphatic carbocycles. The lowest BCUT2D eigenvalue weighted by atomic mass is 9.97. The lowest BCUT2D eigenvalue weighted by Crippen LogP contribution is -2.41. The number of nitrogens with zero attached hydrogens (tertiary/aromatic N) is 2. The summed E-state index contributed by atoms with van der Waals surface area (Å²) in [5.74, 6) is 0. The van der Waals surface area contributed by atoms with Crippen LogP contribution in [0.15, 0.2) is 42.7 Å². The van der Waals surface area contributed by atoms with E-state index in [9.17, 15) is 13.2 Å². The fourth-order valence-electron chi connectivity index (χ4n) is 3.32. The summed E-state index contributed by atoms with van der Waals surface area (Å²) in [6.45, 7) is 2.54. The van der Waals surface area contributed by atoms with Gasteiger partial charge in [0, 0.05) is 24.6 Å². The summed E-state index contributed by atoms with van der Waals surface area (Å²) in [6.07, 6.45) is 7.54. The molecule has 2 heterocycles. The number of anilines is 2. The largest absolute Gasteiger partial charge is 0.322 e. The number of piperidine rings is 1. The Labute approximate surface area is 159 Å². The molecular weight excluding hydrogens is 364 g/mol. The third kappa shape index (κ3) is 4.97. The van der Waals surface area contributed by atoms with Crippen molar-refractivity contribution in [2.75, 3.05) is 22.8 Å². The normalized spacial score (nSPS) is 17.4. The Morgan fingerprint density at radius 3 is 2.78 bits per heavy atom. The third-order valence-corrected chi connectivity index (χ3v) is 5.22. The zero-order chi connectivity index (χ0) is 19.4. The minimum absolute atomic E-state index is 0.00918. The lowest BCUT2D eigenvalue weighted by molar-refractivity contribution is 0.163. The highest BCUT2D eigenvalue weighted by Gasteiger charge is 2.28. The van der Waals surface area contributed by atoms with Crippen molar-refractivity contribution >= 4 is 27.4 Å². The molecule has 1 atom stereocenters. The van der Waals surface area contributed by atoms with E-state index in [4.69, 9.17) is 0 Å². The van der Waals surface area contributed by atoms with Gasteiger partial charge in [0.05, 0.1) is 18.0 Å². The molecule has 0 unspecified atom stereocenters. The maximum Gasteiger partial charge on any atom is 0.322 e. The highest BCUT2D eigenvalue weighted by molar-refractivity contribution is 7.92. The average molecular weight is 388 g/mol. The predicted octanol–water partition coefficient (Wildman–Crippen LogP) is 3.52. The molecule has 2 N–H and O–H groups in total. The number of hydrogen-bond acceptors (Lipinski definition) is 4. The Kier molecular flexibility index (Phi) is 5.65. The van der Waals surface area contributed by atoms with Crippen LogP contribution in [0.3, 0.4) is 0 Å². The summed E-state index contributed by atoms with van der Waals surface area (Å²) >= 11 is 0. The van der Waals surface area contributed by atoms with Gasteiger partial charge in [-0.2, -0.15) is 0 Å². The van der Waals surface area contributed by atoms with Gasteiger partial charge in [0.25, 0.3) is 0 Å². The summed E-state index contributed by atoms with van der Waals surface area (Å²) < 4.78 is 25.3. The van der Waals surface area contributed by atoms with Crippen molar-refractivity contribution in [1.29, 1.82) is 0 Å². The topological polar surface area (TPSA) is 91.4 Å². The number of likely N-dealkylation sites (tertiary alicyclic amines) is 1. The quantitative estimate of drug-likeness (QED) is 0.838. The number of hydrogen-bond donors (Lipinski definition) is 2. The van der Waals surface area contributed by atoms with Crippen molar-refractivity contribution in [3.05, 3.63) is 53.9 Å². The van der Waals surface area contributed by atoms with Gasteiger partial charge in [0.2, 0.25) is 10.0 Å². The van der Waals surface area contributed by atoms with E-state index < -0.39 is 10.0 Å². The maximum atomic E-state index is 13.0. The molecule has 27 heavy (non-hydrogen) atoms. The standard InChI is InChI=1S/C19H24N4O3S/c1-14-8-9-16(22-27(2,25)26)12-17(14)21-19(24)23-11-4-3-7-18(23)15-6-5-10-20-13-15/h5-6,8-10,12-13,18,22H,3-4,7,11H2,1-2H3,(H,21,24)/t18-/m1/s1. The van der Waals surface area contributed by atoms with Gasteiger partial charge in [-0.3, -0.25) is 9.71 Å². The molecule has 2 amide bonds. The van der Waals surface area contributed by atoms with Gasteiger partial charge in [0.15, 0.2) is 0 Å². The SMILES string of the molecule is Cc1ccc(NS(C)(=O)=O)cc1NC(=O)N1CCCC[C@@H]1c1cccnc1. The zero-order valence-electron chi connectivity index (χ0n) is 15.5. The van der Waals surface area contributed by atoms with Crippen molar-refractivity contribution in [2.45, 2.75) is 32.2 Å². The van der Waals surface area contributed by atoms with Crippen LogP contribution in [-0.2, 0) is 10.0 Å². The number of benzene rings is 1. The average Bonchev–Trinajstić information content (AvgIpc) is 2.64. The number of sulfonamides is 1. The minimum atomic E-state index is -3.38. The van der Waals surface area contributed by atoms with E-state index in [0.29, 0.717) is 17.9 Å². The number of urea groups is 1. The van der Waals surface area contributed by atoms with Crippen molar-refractivity contribution < 1.29 is 13.2 Å². The van der Waals surface area contributed by atoms with E-state index in [1.54, 1.807) is 30.6 Å². The number of aromatic nitrogens is 1. The summed E-state index contributed by atoms with van der Waals surface area (Å²) in [7, 11) is -3.38. The molecular formula is C19H24N4O3S. The molecule has 0 spiro atoms. The first-order valence-corrected chi connectivity index (χ1v) is 10.8. The number of carbonyl (C=O) groups is 1. The molecule has 1 aliphatic heterocycles. The van der Waals surface area contributed by atoms with Crippen molar-refractivity contribution in [1.82, 2.24) is 9.88 Å². The second kappa shape index (κ2) is 7.96. The fourth-order valence-corrected chi connectivity index (χ4v) is 3.87. The van der Waals surface area contributed by atoms with Crippen LogP contribution < -0.4 is 10.0 Å². The molecule has 144 valence electrons. The van der Waals surface area contributed by atoms with E-state index in [-0.39, 0.29) is 12.1 Å². The van der Waals surface area contributed by atoms with Crippen LogP contribution in [-0.4, -0.2) is 37.1 Å². The first-order chi connectivity index (χ1) is 12.8. The number of amides is 2. The minimum Gasteiger partial charge on any atom is -0.317 e. The smallest absolute Gasteiger partial charge is 0.317 e. The molecule has 1 fully saturated rings. The molecule has 8 heteroatoms. The molecule has 1 aromatic heterocycles. The van der Waals surface area contributed by atoms with Gasteiger partial charge in [-0.05, 0) is 55.5 Å². The summed E-state index contributed by atoms with van der Waals surface area (Å²) in [5, 5.41) is 2.94. The van der Waals surface area contributed by atoms with Crippen molar-refractivity contribution in [3.63, 3.8) is 0 Å². The Hall–Kier alpha value is -2.61. The predicted molar refractivity (Wildman–Crippen MR) is 106 cm³/mol. The van der Waals surface area contributed by atoms with E-state index >= 15 is 0 Å². The molecule has 1 aliphatic rings. The molecule has 0 bridgehead atoms. The molecule has 1 saturated heterocycles. The van der Waals surface area contributed by atoms with Gasteiger partial charge in [-0.1, -0.05) is 12.1 Å². The van der Waals surface area contributed by atoms with E-state index in [1.807, 2.05) is 24.0 Å². The Balaban J connectivity index is 1.80. The molecule has 0 radical (unpaired) electrons. The van der Waals surface area contributed by atoms with Crippen molar-refractivity contribution in [2.24, 2.45) is 0 Å². The summed E-state index contributed by atoms with van der Waals surface area (Å²) in [5.41, 5.74) is 2.89. The van der Waals surface area contributed by atoms with Crippen LogP contribution in [0.25, 0.3) is 0 Å². The number of rotatable bonds is 4. The van der Waals surface area contributed by atoms with Crippen LogP contribution in [0.2, 0.25) is 0 Å². The zero-order valence-corrected chi connectivity index (χ0v) is 16.3. The van der Waals surface area contributed by atoms with E-state index in [0.717, 1.165) is 36.6 Å². The molecule has 2 aromatic rings. The van der Waals surface area contributed by atoms with Gasteiger partial charge in [0.1, 0.15) is 0 Å². The first kappa shape index (κ1) is 19.2.